The van der Waals surface area contributed by atoms with Gasteiger partial charge >= 0.3 is 0 Å². The van der Waals surface area contributed by atoms with Crippen LogP contribution in [-0.4, -0.2) is 25.4 Å². The Morgan fingerprint density at radius 2 is 2.25 bits per heavy atom. The van der Waals surface area contributed by atoms with E-state index >= 15 is 0 Å². The van der Waals surface area contributed by atoms with Crippen LogP contribution in [0, 0.1) is 0 Å². The Balaban J connectivity index is 3.27. The van der Waals surface area contributed by atoms with Crippen LogP contribution < -0.4 is 4.90 Å². The smallest absolute Gasteiger partial charge is 0.154 e. The number of hydrogen-bond acceptors (Lipinski definition) is 3. The van der Waals surface area contributed by atoms with Gasteiger partial charge in [-0.2, -0.15) is 0 Å². The molecule has 1 rings (SSSR count). The number of pyridine rings is 1. The number of nitrogens with zero attached hydrogens (tertiary/aromatic N) is 2. The van der Waals surface area contributed by atoms with Gasteiger partial charge < -0.3 is 4.90 Å². The summed E-state index contributed by atoms with van der Waals surface area (Å²) in [5.41, 5.74) is 0.586. The van der Waals surface area contributed by atoms with Gasteiger partial charge in [0, 0.05) is 24.8 Å². The van der Waals surface area contributed by atoms with Crippen LogP contribution in [0.25, 0.3) is 0 Å². The molecule has 0 unspecified atom stereocenters. The molecule has 3 nitrogen and oxygen atoms in total. The molecule has 0 fully saturated rings. The molecule has 0 radical (unpaired) electrons. The zero-order chi connectivity index (χ0) is 9.14. The van der Waals surface area contributed by atoms with Gasteiger partial charge in [-0.25, -0.2) is 4.98 Å². The fraction of sp³-hybridized carbons (Fsp3) is 0.250. The Hall–Kier alpha value is -0.900. The molecule has 0 N–H and O–H groups in total. The van der Waals surface area contributed by atoms with Gasteiger partial charge in [-0.3, -0.25) is 4.79 Å². The van der Waals surface area contributed by atoms with Gasteiger partial charge in [0.25, 0.3) is 0 Å². The van der Waals surface area contributed by atoms with Crippen LogP contribution in [-0.2, 0) is 0 Å². The molecule has 0 saturated heterocycles. The van der Waals surface area contributed by atoms with Crippen LogP contribution >= 0.6 is 15.9 Å². The third kappa shape index (κ3) is 1.64. The first-order valence-corrected chi connectivity index (χ1v) is 4.23. The third-order valence-corrected chi connectivity index (χ3v) is 2.15. The van der Waals surface area contributed by atoms with Crippen molar-refractivity contribution in [1.82, 2.24) is 4.98 Å². The lowest BCUT2D eigenvalue weighted by Gasteiger charge is -2.13. The summed E-state index contributed by atoms with van der Waals surface area (Å²) in [5, 5.41) is 0. The number of anilines is 1. The molecule has 12 heavy (non-hydrogen) atoms. The average Bonchev–Trinajstić information content (AvgIpc) is 2.03. The fourth-order valence-electron chi connectivity index (χ4n) is 0.905. The Kier molecular flexibility index (Phi) is 2.81. The van der Waals surface area contributed by atoms with Crippen molar-refractivity contribution in [1.29, 1.82) is 0 Å². The maximum atomic E-state index is 10.7. The standard InChI is InChI=1S/C8H9BrN2O/c1-11(2)8-6(5-12)7(9)3-4-10-8/h3-5H,1-2H3. The highest BCUT2D eigenvalue weighted by Crippen LogP contribution is 2.21. The Morgan fingerprint density at radius 3 is 2.67 bits per heavy atom. The van der Waals surface area contributed by atoms with E-state index in [4.69, 9.17) is 0 Å². The van der Waals surface area contributed by atoms with Crippen LogP contribution in [0.5, 0.6) is 0 Å². The van der Waals surface area contributed by atoms with E-state index in [-0.39, 0.29) is 0 Å². The highest BCUT2D eigenvalue weighted by atomic mass is 79.9. The molecule has 0 bridgehead atoms. The van der Waals surface area contributed by atoms with Gasteiger partial charge in [-0.15, -0.1) is 0 Å². The molecule has 0 aromatic carbocycles. The highest BCUT2D eigenvalue weighted by Gasteiger charge is 2.07. The van der Waals surface area contributed by atoms with E-state index in [1.165, 1.54) is 0 Å². The number of aromatic nitrogens is 1. The molecule has 0 atom stereocenters. The number of carbonyl (C=O) groups excluding carboxylic acids is 1. The topological polar surface area (TPSA) is 33.2 Å². The molecule has 4 heteroatoms. The van der Waals surface area contributed by atoms with Gasteiger partial charge in [0.1, 0.15) is 5.82 Å². The Labute approximate surface area is 79.5 Å². The largest absolute Gasteiger partial charge is 0.362 e. The second-order valence-corrected chi connectivity index (χ2v) is 3.40. The van der Waals surface area contributed by atoms with Crippen LogP contribution in [0.4, 0.5) is 5.82 Å². The summed E-state index contributed by atoms with van der Waals surface area (Å²) in [7, 11) is 3.70. The second kappa shape index (κ2) is 3.67. The van der Waals surface area contributed by atoms with E-state index in [0.717, 1.165) is 10.8 Å². The number of aldehydes is 1. The van der Waals surface area contributed by atoms with Crippen molar-refractivity contribution in [2.24, 2.45) is 0 Å². The highest BCUT2D eigenvalue weighted by molar-refractivity contribution is 9.10. The summed E-state index contributed by atoms with van der Waals surface area (Å²) < 4.78 is 0.774. The van der Waals surface area contributed by atoms with Crippen molar-refractivity contribution in [3.8, 4) is 0 Å². The summed E-state index contributed by atoms with van der Waals surface area (Å²) >= 11 is 3.28. The van der Waals surface area contributed by atoms with Crippen molar-refractivity contribution in [3.63, 3.8) is 0 Å². The van der Waals surface area contributed by atoms with Gasteiger partial charge in [-0.1, -0.05) is 0 Å². The number of halogens is 1. The lowest BCUT2D eigenvalue weighted by molar-refractivity contribution is 0.112. The van der Waals surface area contributed by atoms with Crippen molar-refractivity contribution in [2.75, 3.05) is 19.0 Å². The van der Waals surface area contributed by atoms with Crippen molar-refractivity contribution in [3.05, 3.63) is 22.3 Å². The lowest BCUT2D eigenvalue weighted by Crippen LogP contribution is -2.13. The van der Waals surface area contributed by atoms with Crippen LogP contribution in [0.3, 0.4) is 0 Å². The Bertz CT molecular complexity index is 299. The summed E-state index contributed by atoms with van der Waals surface area (Å²) in [5.74, 6) is 0.680. The second-order valence-electron chi connectivity index (χ2n) is 2.54. The molecule has 1 heterocycles. The summed E-state index contributed by atoms with van der Waals surface area (Å²) in [6.45, 7) is 0. The maximum absolute atomic E-state index is 10.7. The van der Waals surface area contributed by atoms with Crippen molar-refractivity contribution in [2.45, 2.75) is 0 Å². The molecule has 0 aliphatic rings. The fourth-order valence-corrected chi connectivity index (χ4v) is 1.29. The molecular weight excluding hydrogens is 220 g/mol. The summed E-state index contributed by atoms with van der Waals surface area (Å²) in [4.78, 5) is 16.5. The first-order valence-electron chi connectivity index (χ1n) is 3.44. The summed E-state index contributed by atoms with van der Waals surface area (Å²) in [6.07, 6.45) is 2.46. The molecule has 0 amide bonds. The van der Waals surface area contributed by atoms with E-state index < -0.39 is 0 Å². The van der Waals surface area contributed by atoms with Crippen LogP contribution in [0.15, 0.2) is 16.7 Å². The number of carbonyl (C=O) groups is 1. The molecule has 1 aromatic heterocycles. The van der Waals surface area contributed by atoms with Crippen LogP contribution in [0.2, 0.25) is 0 Å². The minimum absolute atomic E-state index is 0.586. The SMILES string of the molecule is CN(C)c1nccc(Br)c1C=O. The average molecular weight is 229 g/mol. The number of rotatable bonds is 2. The molecule has 0 saturated carbocycles. The van der Waals surface area contributed by atoms with Crippen molar-refractivity contribution >= 4 is 28.0 Å². The van der Waals surface area contributed by atoms with Gasteiger partial charge in [0.2, 0.25) is 0 Å². The monoisotopic (exact) mass is 228 g/mol. The van der Waals surface area contributed by atoms with E-state index in [9.17, 15) is 4.79 Å². The summed E-state index contributed by atoms with van der Waals surface area (Å²) in [6, 6.07) is 1.75. The van der Waals surface area contributed by atoms with Crippen molar-refractivity contribution < 1.29 is 4.79 Å². The molecule has 64 valence electrons. The number of hydrogen-bond donors (Lipinski definition) is 0. The molecular formula is C8H9BrN2O. The van der Waals surface area contributed by atoms with E-state index in [1.807, 2.05) is 14.1 Å². The predicted molar refractivity (Wildman–Crippen MR) is 51.7 cm³/mol. The first-order chi connectivity index (χ1) is 5.66. The molecule has 1 aromatic rings. The van der Waals surface area contributed by atoms with Gasteiger partial charge in [0.15, 0.2) is 6.29 Å². The molecule has 0 aliphatic heterocycles. The normalized spacial score (nSPS) is 9.58. The predicted octanol–water partition coefficient (Wildman–Crippen LogP) is 1.72. The minimum atomic E-state index is 0.586. The van der Waals surface area contributed by atoms with Gasteiger partial charge in [0.05, 0.1) is 5.56 Å². The Morgan fingerprint density at radius 1 is 1.58 bits per heavy atom. The first kappa shape index (κ1) is 9.19. The van der Waals surface area contributed by atoms with E-state index in [1.54, 1.807) is 17.2 Å². The van der Waals surface area contributed by atoms with Crippen LogP contribution in [0.1, 0.15) is 10.4 Å². The zero-order valence-corrected chi connectivity index (χ0v) is 8.50. The quantitative estimate of drug-likeness (QED) is 0.724. The molecule has 0 aliphatic carbocycles. The zero-order valence-electron chi connectivity index (χ0n) is 6.91. The van der Waals surface area contributed by atoms with Gasteiger partial charge in [-0.05, 0) is 22.0 Å². The minimum Gasteiger partial charge on any atom is -0.362 e. The third-order valence-electron chi connectivity index (χ3n) is 1.46. The molecule has 0 spiro atoms. The maximum Gasteiger partial charge on any atom is 0.154 e. The lowest BCUT2D eigenvalue weighted by atomic mass is 10.3. The van der Waals surface area contributed by atoms with E-state index in [2.05, 4.69) is 20.9 Å². The van der Waals surface area contributed by atoms with E-state index in [0.29, 0.717) is 11.4 Å².